The van der Waals surface area contributed by atoms with Crippen LogP contribution in [0.2, 0.25) is 0 Å². The van der Waals surface area contributed by atoms with E-state index in [0.29, 0.717) is 5.92 Å². The number of nitrogens with zero attached hydrogens (tertiary/aromatic N) is 1. The second kappa shape index (κ2) is 4.51. The van der Waals surface area contributed by atoms with Crippen LogP contribution in [0.1, 0.15) is 17.5 Å². The summed E-state index contributed by atoms with van der Waals surface area (Å²) in [6.07, 6.45) is 0. The molecule has 1 atom stereocenters. The van der Waals surface area contributed by atoms with E-state index in [4.69, 9.17) is 0 Å². The van der Waals surface area contributed by atoms with E-state index in [0.717, 1.165) is 28.8 Å². The number of carbonyl (C=O) groups excluding carboxylic acids is 1. The van der Waals surface area contributed by atoms with Gasteiger partial charge in [-0.25, -0.2) is 4.98 Å². The van der Waals surface area contributed by atoms with Crippen molar-refractivity contribution in [3.63, 3.8) is 0 Å². The van der Waals surface area contributed by atoms with Gasteiger partial charge in [-0.1, -0.05) is 6.92 Å². The Morgan fingerprint density at radius 2 is 2.25 bits per heavy atom. The zero-order valence-electron chi connectivity index (χ0n) is 9.83. The van der Waals surface area contributed by atoms with Crippen molar-refractivity contribution < 1.29 is 4.79 Å². The van der Waals surface area contributed by atoms with Gasteiger partial charge < -0.3 is 10.6 Å². The summed E-state index contributed by atoms with van der Waals surface area (Å²) in [7, 11) is 0. The molecule has 0 saturated carbocycles. The van der Waals surface area contributed by atoms with Crippen molar-refractivity contribution in [1.29, 1.82) is 0 Å². The first-order valence-corrected chi connectivity index (χ1v) is 6.35. The Bertz CT molecular complexity index is 378. The maximum Gasteiger partial charge on any atom is 0.229 e. The van der Waals surface area contributed by atoms with E-state index in [1.54, 1.807) is 0 Å². The first-order valence-electron chi connectivity index (χ1n) is 5.53. The summed E-state index contributed by atoms with van der Waals surface area (Å²) in [5.74, 6) is 0.619. The summed E-state index contributed by atoms with van der Waals surface area (Å²) in [6, 6.07) is 0. The fourth-order valence-electron chi connectivity index (χ4n) is 1.62. The topological polar surface area (TPSA) is 54.0 Å². The zero-order chi connectivity index (χ0) is 11.7. The zero-order valence-corrected chi connectivity index (χ0v) is 10.6. The van der Waals surface area contributed by atoms with E-state index < -0.39 is 0 Å². The molecule has 2 N–H and O–H groups in total. The second-order valence-electron chi connectivity index (χ2n) is 4.36. The largest absolute Gasteiger partial charge is 0.316 e. The van der Waals surface area contributed by atoms with Gasteiger partial charge in [0.05, 0.1) is 5.69 Å². The van der Waals surface area contributed by atoms with Crippen LogP contribution in [-0.2, 0) is 4.79 Å². The molecule has 1 unspecified atom stereocenters. The van der Waals surface area contributed by atoms with Gasteiger partial charge in [-0.05, 0) is 32.9 Å². The first kappa shape index (κ1) is 11.5. The van der Waals surface area contributed by atoms with Crippen LogP contribution in [0.3, 0.4) is 0 Å². The molecule has 88 valence electrons. The van der Waals surface area contributed by atoms with Gasteiger partial charge in [0.1, 0.15) is 0 Å². The SMILES string of the molecule is Cc1nc(NC(=O)C(C)C2CNC2)sc1C. The van der Waals surface area contributed by atoms with Crippen molar-refractivity contribution in [2.45, 2.75) is 20.8 Å². The highest BCUT2D eigenvalue weighted by Gasteiger charge is 2.29. The van der Waals surface area contributed by atoms with Crippen molar-refractivity contribution in [2.24, 2.45) is 11.8 Å². The predicted octanol–water partition coefficient (Wildman–Crippen LogP) is 1.55. The molecule has 0 aliphatic carbocycles. The molecule has 16 heavy (non-hydrogen) atoms. The number of hydrogen-bond acceptors (Lipinski definition) is 4. The molecule has 1 aromatic heterocycles. The second-order valence-corrected chi connectivity index (χ2v) is 5.56. The minimum absolute atomic E-state index is 0.0609. The van der Waals surface area contributed by atoms with E-state index in [2.05, 4.69) is 15.6 Å². The van der Waals surface area contributed by atoms with Crippen molar-refractivity contribution in [3.05, 3.63) is 10.6 Å². The molecule has 5 heteroatoms. The Hall–Kier alpha value is -0.940. The van der Waals surface area contributed by atoms with Gasteiger partial charge in [-0.3, -0.25) is 4.79 Å². The Labute approximate surface area is 99.5 Å². The summed E-state index contributed by atoms with van der Waals surface area (Å²) in [5.41, 5.74) is 0.998. The van der Waals surface area contributed by atoms with Gasteiger partial charge in [-0.15, -0.1) is 11.3 Å². The lowest BCUT2D eigenvalue weighted by molar-refractivity contribution is -0.121. The Morgan fingerprint density at radius 1 is 1.56 bits per heavy atom. The van der Waals surface area contributed by atoms with E-state index in [1.165, 1.54) is 11.3 Å². The van der Waals surface area contributed by atoms with Gasteiger partial charge in [0, 0.05) is 10.8 Å². The van der Waals surface area contributed by atoms with Crippen LogP contribution in [0.15, 0.2) is 0 Å². The van der Waals surface area contributed by atoms with E-state index in [1.807, 2.05) is 20.8 Å². The highest BCUT2D eigenvalue weighted by molar-refractivity contribution is 7.15. The van der Waals surface area contributed by atoms with Crippen molar-refractivity contribution in [2.75, 3.05) is 18.4 Å². The molecule has 4 nitrogen and oxygen atoms in total. The van der Waals surface area contributed by atoms with Gasteiger partial charge in [0.15, 0.2) is 5.13 Å². The van der Waals surface area contributed by atoms with E-state index in [9.17, 15) is 4.79 Å². The molecule has 0 radical (unpaired) electrons. The molecule has 2 rings (SSSR count). The van der Waals surface area contributed by atoms with Gasteiger partial charge in [0.25, 0.3) is 0 Å². The molecule has 0 bridgehead atoms. The van der Waals surface area contributed by atoms with Crippen LogP contribution >= 0.6 is 11.3 Å². The molecule has 1 amide bonds. The number of carbonyl (C=O) groups is 1. The number of thiazole rings is 1. The van der Waals surface area contributed by atoms with Gasteiger partial charge in [0.2, 0.25) is 5.91 Å². The van der Waals surface area contributed by atoms with Crippen LogP contribution in [0, 0.1) is 25.7 Å². The highest BCUT2D eigenvalue weighted by Crippen LogP contribution is 2.23. The Balaban J connectivity index is 1.95. The summed E-state index contributed by atoms with van der Waals surface area (Å²) >= 11 is 1.54. The van der Waals surface area contributed by atoms with Crippen LogP contribution < -0.4 is 10.6 Å². The molecule has 0 spiro atoms. The lowest BCUT2D eigenvalue weighted by Gasteiger charge is -2.31. The summed E-state index contributed by atoms with van der Waals surface area (Å²) < 4.78 is 0. The number of nitrogens with one attached hydrogen (secondary N) is 2. The summed E-state index contributed by atoms with van der Waals surface area (Å²) in [5, 5.41) is 6.80. The van der Waals surface area contributed by atoms with Crippen molar-refractivity contribution in [3.8, 4) is 0 Å². The average Bonchev–Trinajstić information content (AvgIpc) is 2.42. The number of anilines is 1. The maximum atomic E-state index is 11.9. The van der Waals surface area contributed by atoms with Crippen LogP contribution in [0.25, 0.3) is 0 Å². The number of rotatable bonds is 3. The maximum absolute atomic E-state index is 11.9. The average molecular weight is 239 g/mol. The van der Waals surface area contributed by atoms with Crippen LogP contribution in [0.5, 0.6) is 0 Å². The lowest BCUT2D eigenvalue weighted by atomic mass is 9.88. The first-order chi connectivity index (χ1) is 7.58. The lowest BCUT2D eigenvalue weighted by Crippen LogP contribution is -2.48. The molecule has 1 aliphatic rings. The fraction of sp³-hybridized carbons (Fsp3) is 0.636. The molecular formula is C11H17N3OS. The number of amides is 1. The van der Waals surface area contributed by atoms with E-state index >= 15 is 0 Å². The van der Waals surface area contributed by atoms with Crippen molar-refractivity contribution >= 4 is 22.4 Å². The highest BCUT2D eigenvalue weighted by atomic mass is 32.1. The van der Waals surface area contributed by atoms with Crippen LogP contribution in [0.4, 0.5) is 5.13 Å². The minimum Gasteiger partial charge on any atom is -0.316 e. The third kappa shape index (κ3) is 2.25. The van der Waals surface area contributed by atoms with Gasteiger partial charge >= 0.3 is 0 Å². The molecule has 2 heterocycles. The Morgan fingerprint density at radius 3 is 2.69 bits per heavy atom. The monoisotopic (exact) mass is 239 g/mol. The number of aromatic nitrogens is 1. The van der Waals surface area contributed by atoms with Gasteiger partial charge in [-0.2, -0.15) is 0 Å². The number of aryl methyl sites for hydroxylation is 2. The normalized spacial score (nSPS) is 17.9. The number of hydrogen-bond donors (Lipinski definition) is 2. The predicted molar refractivity (Wildman–Crippen MR) is 65.7 cm³/mol. The smallest absolute Gasteiger partial charge is 0.229 e. The quantitative estimate of drug-likeness (QED) is 0.841. The molecule has 1 aliphatic heterocycles. The molecule has 1 aromatic rings. The standard InChI is InChI=1S/C11H17N3OS/c1-6(9-4-12-5-9)10(15)14-11-13-7(2)8(3)16-11/h6,9,12H,4-5H2,1-3H3,(H,13,14,15). The third-order valence-electron chi connectivity index (χ3n) is 3.19. The molecule has 1 saturated heterocycles. The molecule has 1 fully saturated rings. The minimum atomic E-state index is 0.0609. The summed E-state index contributed by atoms with van der Waals surface area (Å²) in [4.78, 5) is 17.4. The Kier molecular flexibility index (Phi) is 3.25. The van der Waals surface area contributed by atoms with E-state index in [-0.39, 0.29) is 11.8 Å². The molecule has 0 aromatic carbocycles. The fourth-order valence-corrected chi connectivity index (χ4v) is 2.44. The van der Waals surface area contributed by atoms with Crippen molar-refractivity contribution in [1.82, 2.24) is 10.3 Å². The van der Waals surface area contributed by atoms with Crippen LogP contribution in [-0.4, -0.2) is 24.0 Å². The summed E-state index contributed by atoms with van der Waals surface area (Å²) in [6.45, 7) is 7.85. The third-order valence-corrected chi connectivity index (χ3v) is 4.18. The molecular weight excluding hydrogens is 222 g/mol.